The molecule has 2 heteroatoms. The van der Waals surface area contributed by atoms with Crippen LogP contribution in [0.1, 0.15) is 52.6 Å². The zero-order chi connectivity index (χ0) is 23.5. The summed E-state index contributed by atoms with van der Waals surface area (Å²) in [7, 11) is 0. The molecule has 0 heterocycles. The van der Waals surface area contributed by atoms with Crippen molar-refractivity contribution in [2.75, 3.05) is 6.79 Å². The molecule has 0 aromatic heterocycles. The van der Waals surface area contributed by atoms with Gasteiger partial charge in [0.05, 0.1) is 6.10 Å². The Morgan fingerprint density at radius 3 is 2.17 bits per heavy atom. The SMILES string of the molecule is c1ccc2cc(OCOC3CCc4cc(CCc5ccc6c(c5)CCCC6)ccc4C3)ccc2c1. The molecule has 0 saturated heterocycles. The van der Waals surface area contributed by atoms with E-state index >= 15 is 0 Å². The van der Waals surface area contributed by atoms with Crippen LogP contribution in [0.2, 0.25) is 0 Å². The van der Waals surface area contributed by atoms with Crippen molar-refractivity contribution in [3.63, 3.8) is 0 Å². The first-order valence-corrected chi connectivity index (χ1v) is 13.2. The van der Waals surface area contributed by atoms with Crippen molar-refractivity contribution < 1.29 is 9.47 Å². The van der Waals surface area contributed by atoms with Crippen LogP contribution in [0.15, 0.2) is 78.9 Å². The summed E-state index contributed by atoms with van der Waals surface area (Å²) in [4.78, 5) is 0. The largest absolute Gasteiger partial charge is 0.468 e. The van der Waals surface area contributed by atoms with Gasteiger partial charge >= 0.3 is 0 Å². The number of benzene rings is 4. The molecule has 0 N–H and O–H groups in total. The first-order chi connectivity index (χ1) is 17.3. The van der Waals surface area contributed by atoms with Gasteiger partial charge in [0.15, 0.2) is 6.79 Å². The molecule has 0 fully saturated rings. The van der Waals surface area contributed by atoms with E-state index in [2.05, 4.69) is 72.8 Å². The van der Waals surface area contributed by atoms with E-state index in [4.69, 9.17) is 9.47 Å². The Morgan fingerprint density at radius 1 is 0.629 bits per heavy atom. The lowest BCUT2D eigenvalue weighted by Gasteiger charge is -2.25. The second kappa shape index (κ2) is 10.3. The number of rotatable bonds is 7. The first-order valence-electron chi connectivity index (χ1n) is 13.2. The third kappa shape index (κ3) is 5.28. The van der Waals surface area contributed by atoms with Crippen molar-refractivity contribution >= 4 is 10.8 Å². The van der Waals surface area contributed by atoms with E-state index in [1.807, 2.05) is 6.07 Å². The molecular weight excluding hydrogens is 428 g/mol. The molecule has 0 saturated carbocycles. The van der Waals surface area contributed by atoms with Crippen LogP contribution in [-0.4, -0.2) is 12.9 Å². The molecule has 0 amide bonds. The minimum atomic E-state index is 0.226. The van der Waals surface area contributed by atoms with Gasteiger partial charge in [0.2, 0.25) is 0 Å². The van der Waals surface area contributed by atoms with Crippen LogP contribution in [0.25, 0.3) is 10.8 Å². The number of ether oxygens (including phenoxy) is 2. The lowest BCUT2D eigenvalue weighted by Crippen LogP contribution is -2.24. The maximum absolute atomic E-state index is 6.11. The van der Waals surface area contributed by atoms with Gasteiger partial charge in [-0.05, 0) is 114 Å². The first kappa shape index (κ1) is 22.4. The summed E-state index contributed by atoms with van der Waals surface area (Å²) in [5.41, 5.74) is 9.06. The van der Waals surface area contributed by atoms with Crippen molar-refractivity contribution in [1.29, 1.82) is 0 Å². The normalized spacial score (nSPS) is 17.1. The molecule has 4 aromatic carbocycles. The zero-order valence-corrected chi connectivity index (χ0v) is 20.5. The summed E-state index contributed by atoms with van der Waals surface area (Å²) in [5, 5.41) is 2.42. The summed E-state index contributed by atoms with van der Waals surface area (Å²) < 4.78 is 12.0. The smallest absolute Gasteiger partial charge is 0.189 e. The second-order valence-electron chi connectivity index (χ2n) is 10.2. The molecule has 6 rings (SSSR count). The fourth-order valence-corrected chi connectivity index (χ4v) is 5.76. The lowest BCUT2D eigenvalue weighted by molar-refractivity contribution is -0.0407. The zero-order valence-electron chi connectivity index (χ0n) is 20.5. The molecule has 2 aliphatic rings. The van der Waals surface area contributed by atoms with Crippen molar-refractivity contribution in [2.45, 2.75) is 63.9 Å². The molecule has 0 spiro atoms. The Bertz CT molecular complexity index is 1320. The van der Waals surface area contributed by atoms with Gasteiger partial charge in [0, 0.05) is 0 Å². The minimum absolute atomic E-state index is 0.226. The summed E-state index contributed by atoms with van der Waals surface area (Å²) >= 11 is 0. The molecule has 1 atom stereocenters. The molecule has 0 aliphatic heterocycles. The van der Waals surface area contributed by atoms with E-state index in [-0.39, 0.29) is 6.10 Å². The predicted molar refractivity (Wildman–Crippen MR) is 143 cm³/mol. The highest BCUT2D eigenvalue weighted by molar-refractivity contribution is 5.83. The van der Waals surface area contributed by atoms with E-state index < -0.39 is 0 Å². The average Bonchev–Trinajstić information content (AvgIpc) is 2.91. The van der Waals surface area contributed by atoms with Crippen molar-refractivity contribution in [3.05, 3.63) is 112 Å². The van der Waals surface area contributed by atoms with Crippen molar-refractivity contribution in [1.82, 2.24) is 0 Å². The maximum Gasteiger partial charge on any atom is 0.189 e. The monoisotopic (exact) mass is 462 g/mol. The number of hydrogen-bond acceptors (Lipinski definition) is 2. The van der Waals surface area contributed by atoms with Gasteiger partial charge in [-0.1, -0.05) is 66.7 Å². The molecule has 4 aromatic rings. The summed E-state index contributed by atoms with van der Waals surface area (Å²) in [6.07, 6.45) is 10.8. The van der Waals surface area contributed by atoms with Gasteiger partial charge in [-0.3, -0.25) is 0 Å². The third-order valence-electron chi connectivity index (χ3n) is 7.82. The average molecular weight is 463 g/mol. The highest BCUT2D eigenvalue weighted by atomic mass is 16.7. The topological polar surface area (TPSA) is 18.5 Å². The Labute approximate surface area is 208 Å². The molecule has 178 valence electrons. The predicted octanol–water partition coefficient (Wildman–Crippen LogP) is 7.41. The molecule has 35 heavy (non-hydrogen) atoms. The molecule has 0 radical (unpaired) electrons. The summed E-state index contributed by atoms with van der Waals surface area (Å²) in [6, 6.07) is 28.8. The fraction of sp³-hybridized carbons (Fsp3) is 0.333. The van der Waals surface area contributed by atoms with Gasteiger partial charge < -0.3 is 9.47 Å². The fourth-order valence-electron chi connectivity index (χ4n) is 5.76. The van der Waals surface area contributed by atoms with Crippen molar-refractivity contribution in [2.24, 2.45) is 0 Å². The molecule has 2 aliphatic carbocycles. The van der Waals surface area contributed by atoms with Gasteiger partial charge in [0.25, 0.3) is 0 Å². The second-order valence-corrected chi connectivity index (χ2v) is 10.2. The Hall–Kier alpha value is -3.10. The van der Waals surface area contributed by atoms with E-state index in [1.54, 1.807) is 11.1 Å². The quantitative estimate of drug-likeness (QED) is 0.266. The highest BCUT2D eigenvalue weighted by Gasteiger charge is 2.20. The Morgan fingerprint density at radius 2 is 1.34 bits per heavy atom. The standard InChI is InChI=1S/C33H34O2/c1-3-7-28-19-24(11-13-26(28)5-1)9-10-25-12-14-31-22-33(18-16-30(31)20-25)35-23-34-32-17-15-27-6-2-4-8-29(27)21-32/h2,4,6,8,11-15,17,19-21,33H,1,3,5,7,9-10,16,18,22-23H2. The van der Waals surface area contributed by atoms with E-state index in [9.17, 15) is 0 Å². The number of aryl methyl sites for hydroxylation is 5. The van der Waals surface area contributed by atoms with Gasteiger partial charge in [0.1, 0.15) is 5.75 Å². The third-order valence-corrected chi connectivity index (χ3v) is 7.82. The van der Waals surface area contributed by atoms with Gasteiger partial charge in [-0.25, -0.2) is 0 Å². The van der Waals surface area contributed by atoms with Crippen LogP contribution in [0.5, 0.6) is 5.75 Å². The summed E-state index contributed by atoms with van der Waals surface area (Å²) in [6.45, 7) is 0.303. The lowest BCUT2D eigenvalue weighted by atomic mass is 9.87. The highest BCUT2D eigenvalue weighted by Crippen LogP contribution is 2.27. The van der Waals surface area contributed by atoms with Crippen molar-refractivity contribution in [3.8, 4) is 5.75 Å². The molecule has 1 unspecified atom stereocenters. The van der Waals surface area contributed by atoms with Gasteiger partial charge in [-0.15, -0.1) is 0 Å². The van der Waals surface area contributed by atoms with E-state index in [0.29, 0.717) is 6.79 Å². The minimum Gasteiger partial charge on any atom is -0.468 e. The van der Waals surface area contributed by atoms with Crippen LogP contribution in [-0.2, 0) is 43.3 Å². The van der Waals surface area contributed by atoms with Gasteiger partial charge in [-0.2, -0.15) is 0 Å². The van der Waals surface area contributed by atoms with Crippen LogP contribution in [0, 0.1) is 0 Å². The number of fused-ring (bicyclic) bond motifs is 3. The van der Waals surface area contributed by atoms with E-state index in [1.165, 1.54) is 58.7 Å². The maximum atomic E-state index is 6.11. The number of hydrogen-bond donors (Lipinski definition) is 0. The van der Waals surface area contributed by atoms with Crippen LogP contribution < -0.4 is 4.74 Å². The van der Waals surface area contributed by atoms with Crippen LogP contribution in [0.4, 0.5) is 0 Å². The molecule has 0 bridgehead atoms. The molecule has 2 nitrogen and oxygen atoms in total. The van der Waals surface area contributed by atoms with Crippen LogP contribution in [0.3, 0.4) is 0 Å². The van der Waals surface area contributed by atoms with Crippen LogP contribution >= 0.6 is 0 Å². The Balaban J connectivity index is 1.01. The van der Waals surface area contributed by atoms with E-state index in [0.717, 1.165) is 37.9 Å². The molecular formula is C33H34O2. The Kier molecular flexibility index (Phi) is 6.55. The summed E-state index contributed by atoms with van der Waals surface area (Å²) in [5.74, 6) is 0.864.